The summed E-state index contributed by atoms with van der Waals surface area (Å²) in [5, 5.41) is 11.3. The summed E-state index contributed by atoms with van der Waals surface area (Å²) in [5.74, 6) is -4.96. The van der Waals surface area contributed by atoms with E-state index < -0.39 is 53.7 Å². The van der Waals surface area contributed by atoms with Crippen molar-refractivity contribution >= 4 is 5.97 Å². The van der Waals surface area contributed by atoms with Gasteiger partial charge in [0.2, 0.25) is 0 Å². The lowest BCUT2D eigenvalue weighted by Gasteiger charge is -2.43. The second-order valence-electron chi connectivity index (χ2n) is 8.80. The molecular formula is C24H43F2NO8. The lowest BCUT2D eigenvalue weighted by atomic mass is 9.91. The van der Waals surface area contributed by atoms with E-state index in [9.17, 15) is 14.9 Å². The first-order valence-electron chi connectivity index (χ1n) is 12.9. The third kappa shape index (κ3) is 11.0. The highest BCUT2D eigenvalue weighted by Gasteiger charge is 2.54. The molecule has 5 atom stereocenters. The van der Waals surface area contributed by atoms with Crippen LogP contribution in [-0.4, -0.2) is 80.3 Å². The predicted octanol–water partition coefficient (Wildman–Crippen LogP) is 4.57. The molecule has 0 aromatic heterocycles. The van der Waals surface area contributed by atoms with Crippen LogP contribution in [0.4, 0.5) is 8.78 Å². The van der Waals surface area contributed by atoms with Crippen LogP contribution in [-0.2, 0) is 28.5 Å². The number of nitrogens with zero attached hydrogens (tertiary/aromatic N) is 1. The molecule has 0 aromatic rings. The van der Waals surface area contributed by atoms with E-state index in [0.29, 0.717) is 19.8 Å². The van der Waals surface area contributed by atoms with Gasteiger partial charge in [0, 0.05) is 31.2 Å². The SMILES string of the molecule is CCCCOC[C@H]1O[C@@H](C(F)(F)CC(C(=O)OCC)[N+](=O)[O-])C[C@@H](OCCCC)[C@H]1OCCCC. The highest BCUT2D eigenvalue weighted by molar-refractivity contribution is 5.74. The fourth-order valence-electron chi connectivity index (χ4n) is 3.77. The van der Waals surface area contributed by atoms with Gasteiger partial charge in [0.05, 0.1) is 25.7 Å². The van der Waals surface area contributed by atoms with Crippen LogP contribution in [0.5, 0.6) is 0 Å². The molecule has 9 nitrogen and oxygen atoms in total. The minimum atomic E-state index is -3.67. The summed E-state index contributed by atoms with van der Waals surface area (Å²) in [6.45, 7) is 8.63. The Kier molecular flexibility index (Phi) is 15.4. The highest BCUT2D eigenvalue weighted by Crippen LogP contribution is 2.37. The maximum Gasteiger partial charge on any atom is 0.381 e. The zero-order valence-corrected chi connectivity index (χ0v) is 21.5. The van der Waals surface area contributed by atoms with Gasteiger partial charge < -0.3 is 23.7 Å². The molecule has 1 rings (SSSR count). The molecule has 0 radical (unpaired) electrons. The number of carbonyl (C=O) groups is 1. The molecule has 1 fully saturated rings. The second-order valence-corrected chi connectivity index (χ2v) is 8.80. The van der Waals surface area contributed by atoms with Crippen molar-refractivity contribution in [3.05, 3.63) is 10.1 Å². The molecule has 1 unspecified atom stereocenters. The molecule has 0 N–H and O–H groups in total. The fourth-order valence-corrected chi connectivity index (χ4v) is 3.77. The average molecular weight is 512 g/mol. The molecule has 1 saturated heterocycles. The molecule has 1 heterocycles. The maximum absolute atomic E-state index is 15.4. The molecular weight excluding hydrogens is 468 g/mol. The van der Waals surface area contributed by atoms with Crippen molar-refractivity contribution in [1.82, 2.24) is 0 Å². The molecule has 11 heteroatoms. The summed E-state index contributed by atoms with van der Waals surface area (Å²) in [6.07, 6.45) is -0.315. The fraction of sp³-hybridized carbons (Fsp3) is 0.958. The van der Waals surface area contributed by atoms with Gasteiger partial charge in [-0.15, -0.1) is 0 Å². The van der Waals surface area contributed by atoms with E-state index in [0.717, 1.165) is 38.5 Å². The average Bonchev–Trinajstić information content (AvgIpc) is 2.81. The number of unbranched alkanes of at least 4 members (excludes halogenated alkanes) is 3. The summed E-state index contributed by atoms with van der Waals surface area (Å²) in [4.78, 5) is 22.3. The van der Waals surface area contributed by atoms with Gasteiger partial charge in [-0.25, -0.2) is 13.6 Å². The number of alkyl halides is 2. The van der Waals surface area contributed by atoms with Crippen LogP contribution < -0.4 is 0 Å². The zero-order chi connectivity index (χ0) is 26.3. The van der Waals surface area contributed by atoms with Crippen LogP contribution >= 0.6 is 0 Å². The van der Waals surface area contributed by atoms with Crippen LogP contribution in [0.15, 0.2) is 0 Å². The molecule has 0 aromatic carbocycles. The highest BCUT2D eigenvalue weighted by atomic mass is 19.3. The molecule has 1 aliphatic heterocycles. The van der Waals surface area contributed by atoms with Gasteiger partial charge in [0.1, 0.15) is 18.3 Å². The Labute approximate surface area is 207 Å². The van der Waals surface area contributed by atoms with Crippen molar-refractivity contribution in [2.45, 2.75) is 115 Å². The first-order chi connectivity index (χ1) is 16.7. The van der Waals surface area contributed by atoms with Crippen molar-refractivity contribution in [1.29, 1.82) is 0 Å². The van der Waals surface area contributed by atoms with E-state index in [1.807, 2.05) is 20.8 Å². The molecule has 0 spiro atoms. The van der Waals surface area contributed by atoms with Crippen LogP contribution in [0.2, 0.25) is 0 Å². The van der Waals surface area contributed by atoms with Crippen molar-refractivity contribution < 1.29 is 42.2 Å². The van der Waals surface area contributed by atoms with Gasteiger partial charge in [-0.2, -0.15) is 0 Å². The van der Waals surface area contributed by atoms with Gasteiger partial charge >= 0.3 is 12.0 Å². The second kappa shape index (κ2) is 17.1. The predicted molar refractivity (Wildman–Crippen MR) is 125 cm³/mol. The number of esters is 1. The van der Waals surface area contributed by atoms with Gasteiger partial charge in [-0.1, -0.05) is 40.0 Å². The molecule has 1 aliphatic rings. The maximum atomic E-state index is 15.4. The van der Waals surface area contributed by atoms with Crippen molar-refractivity contribution in [2.24, 2.45) is 0 Å². The monoisotopic (exact) mass is 511 g/mol. The minimum absolute atomic E-state index is 0.0353. The third-order valence-corrected chi connectivity index (χ3v) is 5.83. The van der Waals surface area contributed by atoms with Crippen molar-refractivity contribution in [2.75, 3.05) is 33.0 Å². The summed E-state index contributed by atoms with van der Waals surface area (Å²) in [5.41, 5.74) is 0. The largest absolute Gasteiger partial charge is 0.461 e. The van der Waals surface area contributed by atoms with Gasteiger partial charge in [0.15, 0.2) is 0 Å². The van der Waals surface area contributed by atoms with Crippen LogP contribution in [0.3, 0.4) is 0 Å². The van der Waals surface area contributed by atoms with Gasteiger partial charge in [-0.3, -0.25) is 10.1 Å². The van der Waals surface area contributed by atoms with Gasteiger partial charge in [-0.05, 0) is 26.2 Å². The van der Waals surface area contributed by atoms with Crippen LogP contribution in [0.25, 0.3) is 0 Å². The number of halogens is 2. The minimum Gasteiger partial charge on any atom is -0.461 e. The van der Waals surface area contributed by atoms with Crippen molar-refractivity contribution in [3.8, 4) is 0 Å². The van der Waals surface area contributed by atoms with E-state index in [2.05, 4.69) is 4.74 Å². The molecule has 206 valence electrons. The van der Waals surface area contributed by atoms with Crippen LogP contribution in [0, 0.1) is 10.1 Å². The Hall–Kier alpha value is -1.43. The first-order valence-corrected chi connectivity index (χ1v) is 12.9. The number of ether oxygens (including phenoxy) is 5. The normalized spacial score (nSPS) is 23.7. The zero-order valence-electron chi connectivity index (χ0n) is 21.5. The number of hydrogen-bond acceptors (Lipinski definition) is 8. The summed E-state index contributed by atoms with van der Waals surface area (Å²) >= 11 is 0. The number of carbonyl (C=O) groups excluding carboxylic acids is 1. The molecule has 0 aliphatic carbocycles. The third-order valence-electron chi connectivity index (χ3n) is 5.83. The van der Waals surface area contributed by atoms with Crippen molar-refractivity contribution in [3.63, 3.8) is 0 Å². The smallest absolute Gasteiger partial charge is 0.381 e. The van der Waals surface area contributed by atoms with E-state index in [4.69, 9.17) is 18.9 Å². The number of rotatable bonds is 19. The van der Waals surface area contributed by atoms with E-state index in [1.165, 1.54) is 6.92 Å². The lowest BCUT2D eigenvalue weighted by molar-refractivity contribution is -0.516. The summed E-state index contributed by atoms with van der Waals surface area (Å²) in [6, 6.07) is -2.19. The first kappa shape index (κ1) is 31.6. The Morgan fingerprint density at radius 2 is 1.66 bits per heavy atom. The van der Waals surface area contributed by atoms with E-state index >= 15 is 8.78 Å². The molecule has 0 saturated carbocycles. The summed E-state index contributed by atoms with van der Waals surface area (Å²) < 4.78 is 58.8. The Morgan fingerprint density at radius 3 is 2.23 bits per heavy atom. The van der Waals surface area contributed by atoms with Crippen LogP contribution in [0.1, 0.15) is 79.1 Å². The Bertz CT molecular complexity index is 610. The molecule has 0 bridgehead atoms. The van der Waals surface area contributed by atoms with E-state index in [-0.39, 0.29) is 19.6 Å². The lowest BCUT2D eigenvalue weighted by Crippen LogP contribution is -2.57. The van der Waals surface area contributed by atoms with Gasteiger partial charge in [0.25, 0.3) is 5.92 Å². The standard InChI is InChI=1S/C24H43F2NO8/c1-5-9-12-31-17-20-22(34-14-11-7-3)19(33-13-10-6-2)15-21(35-20)24(25,26)16-18(27(29)30)23(28)32-8-4/h18-22H,5-17H2,1-4H3/t18?,19-,20-,21-,22-/m1/s1. The molecule has 35 heavy (non-hydrogen) atoms. The number of nitro groups is 1. The quantitative estimate of drug-likeness (QED) is 0.107. The van der Waals surface area contributed by atoms with E-state index in [1.54, 1.807) is 0 Å². The summed E-state index contributed by atoms with van der Waals surface area (Å²) in [7, 11) is 0. The Morgan fingerprint density at radius 1 is 1.06 bits per heavy atom. The Balaban J connectivity index is 3.11. The topological polar surface area (TPSA) is 106 Å². The molecule has 0 amide bonds. The number of hydrogen-bond donors (Lipinski definition) is 0.